The summed E-state index contributed by atoms with van der Waals surface area (Å²) in [5.41, 5.74) is 3.26. The van der Waals surface area contributed by atoms with Crippen molar-refractivity contribution in [2.75, 3.05) is 26.9 Å². The molecule has 0 radical (unpaired) electrons. The minimum Gasteiger partial charge on any atom is -0.497 e. The van der Waals surface area contributed by atoms with Crippen LogP contribution in [0.4, 0.5) is 13.6 Å². The molecule has 2 atom stereocenters. The number of nitrogens with one attached hydrogen (secondary N) is 2. The first-order chi connectivity index (χ1) is 15.4. The van der Waals surface area contributed by atoms with Gasteiger partial charge in [-0.15, -0.1) is 0 Å². The minimum atomic E-state index is -0.896. The number of alkyl carbamates (subject to hydrolysis) is 1. The van der Waals surface area contributed by atoms with Crippen LogP contribution >= 0.6 is 11.6 Å². The van der Waals surface area contributed by atoms with Gasteiger partial charge in [-0.1, -0.05) is 23.7 Å². The average Bonchev–Trinajstić information content (AvgIpc) is 3.17. The van der Waals surface area contributed by atoms with E-state index < -0.39 is 29.7 Å². The van der Waals surface area contributed by atoms with Gasteiger partial charge in [0.05, 0.1) is 31.9 Å². The van der Waals surface area contributed by atoms with Crippen LogP contribution in [0.5, 0.6) is 5.75 Å². The smallest absolute Gasteiger partial charge is 0.408 e. The number of hydroxylamine groups is 1. The third-order valence-corrected chi connectivity index (χ3v) is 5.06. The number of carbonyl (C=O) groups excluding carboxylic acids is 1. The number of amidine groups is 1. The van der Waals surface area contributed by atoms with E-state index in [1.165, 1.54) is 0 Å². The number of methoxy groups -OCH3 is 1. The van der Waals surface area contributed by atoms with E-state index in [4.69, 9.17) is 31.0 Å². The molecule has 0 aromatic heterocycles. The highest BCUT2D eigenvalue weighted by Gasteiger charge is 2.37. The number of aliphatic imine (C=N–C) groups is 1. The van der Waals surface area contributed by atoms with Crippen LogP contribution in [0, 0.1) is 11.6 Å². The van der Waals surface area contributed by atoms with Gasteiger partial charge >= 0.3 is 6.09 Å². The number of ether oxygens (including phenoxy) is 2. The zero-order valence-electron chi connectivity index (χ0n) is 17.1. The van der Waals surface area contributed by atoms with Crippen LogP contribution in [0.3, 0.4) is 0 Å². The molecular weight excluding hydrogens is 448 g/mol. The first-order valence-corrected chi connectivity index (χ1v) is 10.0. The fourth-order valence-electron chi connectivity index (χ4n) is 3.17. The van der Waals surface area contributed by atoms with Gasteiger partial charge in [0.25, 0.3) is 0 Å². The Hall–Kier alpha value is -2.95. The molecule has 1 aliphatic heterocycles. The Morgan fingerprint density at radius 1 is 1.25 bits per heavy atom. The number of carbonyl (C=O) groups is 1. The predicted molar refractivity (Wildman–Crippen MR) is 113 cm³/mol. The summed E-state index contributed by atoms with van der Waals surface area (Å²) < 4.78 is 38.8. The molecule has 2 aromatic rings. The van der Waals surface area contributed by atoms with Crippen molar-refractivity contribution in [1.82, 2.24) is 10.8 Å². The van der Waals surface area contributed by atoms with Gasteiger partial charge in [0.2, 0.25) is 0 Å². The van der Waals surface area contributed by atoms with Crippen molar-refractivity contribution in [3.8, 4) is 5.75 Å². The second-order valence-electron chi connectivity index (χ2n) is 6.84. The maximum absolute atomic E-state index is 14.5. The van der Waals surface area contributed by atoms with Crippen LogP contribution in [-0.2, 0) is 16.2 Å². The summed E-state index contributed by atoms with van der Waals surface area (Å²) in [6, 6.07) is 7.91. The molecule has 0 saturated heterocycles. The Kier molecular flexibility index (Phi) is 8.20. The van der Waals surface area contributed by atoms with Gasteiger partial charge in [0, 0.05) is 5.92 Å². The molecule has 11 heteroatoms. The van der Waals surface area contributed by atoms with Crippen LogP contribution in [0.1, 0.15) is 17.0 Å². The van der Waals surface area contributed by atoms with E-state index in [9.17, 15) is 13.6 Å². The van der Waals surface area contributed by atoms with Crippen molar-refractivity contribution in [1.29, 1.82) is 0 Å². The van der Waals surface area contributed by atoms with Gasteiger partial charge in [0.15, 0.2) is 0 Å². The summed E-state index contributed by atoms with van der Waals surface area (Å²) in [5.74, 6) is -1.41. The second kappa shape index (κ2) is 11.1. The zero-order valence-corrected chi connectivity index (χ0v) is 17.9. The molecule has 0 fully saturated rings. The van der Waals surface area contributed by atoms with Crippen LogP contribution in [-0.4, -0.2) is 49.9 Å². The van der Waals surface area contributed by atoms with E-state index >= 15 is 0 Å². The zero-order chi connectivity index (χ0) is 23.1. The van der Waals surface area contributed by atoms with Crippen molar-refractivity contribution in [2.45, 2.75) is 18.6 Å². The number of nitrogens with zero attached hydrogens (tertiary/aromatic N) is 1. The number of amides is 1. The highest BCUT2D eigenvalue weighted by Crippen LogP contribution is 2.31. The van der Waals surface area contributed by atoms with Crippen molar-refractivity contribution in [3.63, 3.8) is 0 Å². The number of rotatable bonds is 8. The quantitative estimate of drug-likeness (QED) is 0.312. The molecule has 0 bridgehead atoms. The van der Waals surface area contributed by atoms with Crippen LogP contribution in [0.15, 0.2) is 41.4 Å². The number of hydrogen-bond donors (Lipinski definition) is 3. The lowest BCUT2D eigenvalue weighted by Gasteiger charge is -2.23. The maximum atomic E-state index is 14.5. The molecule has 8 nitrogen and oxygen atoms in total. The second-order valence-corrected chi connectivity index (χ2v) is 7.25. The fraction of sp³-hybridized carbons (Fsp3) is 0.333. The topological polar surface area (TPSA) is 101 Å². The molecule has 0 unspecified atom stereocenters. The van der Waals surface area contributed by atoms with Crippen LogP contribution < -0.4 is 15.5 Å². The van der Waals surface area contributed by atoms with Crippen molar-refractivity contribution < 1.29 is 33.0 Å². The van der Waals surface area contributed by atoms with E-state index in [1.807, 2.05) is 0 Å². The molecule has 3 rings (SSSR count). The lowest BCUT2D eigenvalue weighted by Crippen LogP contribution is -2.48. The lowest BCUT2D eigenvalue weighted by molar-refractivity contribution is 0.0513. The fourth-order valence-corrected chi connectivity index (χ4v) is 3.32. The minimum absolute atomic E-state index is 0.00457. The summed E-state index contributed by atoms with van der Waals surface area (Å²) in [6.07, 6.45) is -0.788. The molecule has 0 aliphatic carbocycles. The maximum Gasteiger partial charge on any atom is 0.408 e. The van der Waals surface area contributed by atoms with Gasteiger partial charge < -0.3 is 19.9 Å². The molecule has 2 aromatic carbocycles. The Balaban J connectivity index is 1.71. The molecule has 0 spiro atoms. The van der Waals surface area contributed by atoms with E-state index in [2.05, 4.69) is 15.8 Å². The van der Waals surface area contributed by atoms with Crippen molar-refractivity contribution in [3.05, 3.63) is 64.2 Å². The van der Waals surface area contributed by atoms with Crippen LogP contribution in [0.2, 0.25) is 5.02 Å². The SMILES string of the molecule is COc1ccc(COC(=O)N[C@@H]2C(NOCCO)=NC[C@H]2c2cc(F)c(Cl)cc2F)cc1. The highest BCUT2D eigenvalue weighted by molar-refractivity contribution is 6.30. The Morgan fingerprint density at radius 2 is 2.00 bits per heavy atom. The first-order valence-electron chi connectivity index (χ1n) is 9.66. The average molecular weight is 470 g/mol. The van der Waals surface area contributed by atoms with Gasteiger partial charge in [-0.05, 0) is 35.4 Å². The molecule has 1 heterocycles. The number of hydrogen-bond acceptors (Lipinski definition) is 7. The number of benzene rings is 2. The molecule has 32 heavy (non-hydrogen) atoms. The molecule has 0 saturated carbocycles. The predicted octanol–water partition coefficient (Wildman–Crippen LogP) is 2.93. The summed E-state index contributed by atoms with van der Waals surface area (Å²) in [7, 11) is 1.55. The number of aliphatic hydroxyl groups excluding tert-OH is 1. The molecule has 3 N–H and O–H groups in total. The van der Waals surface area contributed by atoms with Crippen LogP contribution in [0.25, 0.3) is 0 Å². The Bertz CT molecular complexity index is 975. The third kappa shape index (κ3) is 5.84. The standard InChI is InChI=1S/C21H22ClF2N3O5/c1-30-13-4-2-12(3-5-13)11-31-21(29)26-19-15(10-25-20(19)27-32-7-6-28)14-8-18(24)16(22)9-17(14)23/h2-5,8-9,15,19,28H,6-7,10-11H2,1H3,(H,25,27)(H,26,29)/t15-,19-/m0/s1. The normalized spacial score (nSPS) is 17.6. The summed E-state index contributed by atoms with van der Waals surface area (Å²) in [6.45, 7) is -0.255. The largest absolute Gasteiger partial charge is 0.497 e. The Labute approximate surface area is 188 Å². The summed E-state index contributed by atoms with van der Waals surface area (Å²) in [5, 5.41) is 11.1. The lowest BCUT2D eigenvalue weighted by atomic mass is 9.92. The van der Waals surface area contributed by atoms with Gasteiger partial charge in [0.1, 0.15) is 35.9 Å². The first kappa shape index (κ1) is 23.7. The van der Waals surface area contributed by atoms with E-state index in [0.717, 1.165) is 17.7 Å². The third-order valence-electron chi connectivity index (χ3n) is 4.77. The highest BCUT2D eigenvalue weighted by atomic mass is 35.5. The number of halogens is 3. The van der Waals surface area contributed by atoms with Gasteiger partial charge in [-0.25, -0.2) is 13.6 Å². The van der Waals surface area contributed by atoms with E-state index in [0.29, 0.717) is 5.75 Å². The van der Waals surface area contributed by atoms with E-state index in [1.54, 1.807) is 31.4 Å². The molecule has 1 aliphatic rings. The number of aliphatic hydroxyl groups is 1. The van der Waals surface area contributed by atoms with Crippen molar-refractivity contribution in [2.24, 2.45) is 4.99 Å². The van der Waals surface area contributed by atoms with E-state index in [-0.39, 0.29) is 42.8 Å². The summed E-state index contributed by atoms with van der Waals surface area (Å²) >= 11 is 5.65. The van der Waals surface area contributed by atoms with Gasteiger partial charge in [-0.3, -0.25) is 15.3 Å². The summed E-state index contributed by atoms with van der Waals surface area (Å²) in [4.78, 5) is 21.7. The molecule has 1 amide bonds. The van der Waals surface area contributed by atoms with Crippen molar-refractivity contribution >= 4 is 23.5 Å². The Morgan fingerprint density at radius 3 is 2.69 bits per heavy atom. The molecular formula is C21H22ClF2N3O5. The monoisotopic (exact) mass is 469 g/mol. The molecule has 172 valence electrons. The van der Waals surface area contributed by atoms with Gasteiger partial charge in [-0.2, -0.15) is 0 Å².